The number of carbonyl (C=O) groups is 1. The highest BCUT2D eigenvalue weighted by Gasteiger charge is 2.25. The summed E-state index contributed by atoms with van der Waals surface area (Å²) in [6, 6.07) is 12.0. The minimum absolute atomic E-state index is 0.221. The molecule has 0 unspecified atom stereocenters. The summed E-state index contributed by atoms with van der Waals surface area (Å²) in [7, 11) is -0.863. The van der Waals surface area contributed by atoms with Gasteiger partial charge in [-0.2, -0.15) is 0 Å². The molecule has 0 aliphatic carbocycles. The van der Waals surface area contributed by atoms with E-state index >= 15 is 0 Å². The van der Waals surface area contributed by atoms with Crippen LogP contribution < -0.4 is 23.8 Å². The Morgan fingerprint density at radius 2 is 1.80 bits per heavy atom. The third kappa shape index (κ3) is 6.28. The molecule has 2 rings (SSSR count). The van der Waals surface area contributed by atoms with Crippen molar-refractivity contribution in [3.63, 3.8) is 0 Å². The quantitative estimate of drug-likeness (QED) is 0.615. The molecule has 0 aromatic heterocycles. The Balaban J connectivity index is 2.10. The van der Waals surface area contributed by atoms with Gasteiger partial charge in [0.1, 0.15) is 30.4 Å². The maximum Gasteiger partial charge on any atom is 0.241 e. The van der Waals surface area contributed by atoms with E-state index in [0.717, 1.165) is 21.9 Å². The maximum atomic E-state index is 12.6. The number of benzene rings is 2. The number of para-hydroxylation sites is 1. The minimum Gasteiger partial charge on any atom is -0.497 e. The molecule has 1 amide bonds. The number of aryl methyl sites for hydroxylation is 1. The van der Waals surface area contributed by atoms with Crippen molar-refractivity contribution in [2.75, 3.05) is 37.9 Å². The van der Waals surface area contributed by atoms with Crippen LogP contribution in [-0.2, 0) is 14.8 Å². The van der Waals surface area contributed by atoms with Crippen molar-refractivity contribution in [1.29, 1.82) is 0 Å². The van der Waals surface area contributed by atoms with Crippen LogP contribution in [-0.4, -0.2) is 54.0 Å². The molecule has 0 heterocycles. The van der Waals surface area contributed by atoms with E-state index in [1.165, 1.54) is 20.3 Å². The summed E-state index contributed by atoms with van der Waals surface area (Å²) in [6.07, 6.45) is 1.03. The Morgan fingerprint density at radius 1 is 1.10 bits per heavy atom. The van der Waals surface area contributed by atoms with Crippen LogP contribution in [0.3, 0.4) is 0 Å². The highest BCUT2D eigenvalue weighted by Crippen LogP contribution is 2.33. The number of hydrogen-bond donors (Lipinski definition) is 1. The van der Waals surface area contributed by atoms with Crippen molar-refractivity contribution in [1.82, 2.24) is 5.32 Å². The molecule has 0 radical (unpaired) electrons. The lowest BCUT2D eigenvalue weighted by atomic mass is 10.2. The SMILES string of the molecule is COc1ccc(OC)c(N(CC(=O)N[C@@H](C)COc2ccccc2C)S(C)(=O)=O)c1. The van der Waals surface area contributed by atoms with Crippen LogP contribution >= 0.6 is 0 Å². The van der Waals surface area contributed by atoms with Gasteiger partial charge in [0, 0.05) is 6.07 Å². The zero-order valence-electron chi connectivity index (χ0n) is 17.8. The summed E-state index contributed by atoms with van der Waals surface area (Å²) in [5.41, 5.74) is 1.21. The zero-order chi connectivity index (χ0) is 22.3. The number of carbonyl (C=O) groups excluding carboxylic acids is 1. The van der Waals surface area contributed by atoms with Gasteiger partial charge < -0.3 is 19.5 Å². The van der Waals surface area contributed by atoms with E-state index in [4.69, 9.17) is 14.2 Å². The maximum absolute atomic E-state index is 12.6. The minimum atomic E-state index is -3.76. The van der Waals surface area contributed by atoms with Crippen LogP contribution in [0.5, 0.6) is 17.2 Å². The first kappa shape index (κ1) is 23.3. The molecule has 8 nitrogen and oxygen atoms in total. The number of sulfonamides is 1. The van der Waals surface area contributed by atoms with Crippen LogP contribution in [0.4, 0.5) is 5.69 Å². The highest BCUT2D eigenvalue weighted by molar-refractivity contribution is 7.92. The van der Waals surface area contributed by atoms with Crippen LogP contribution in [0.25, 0.3) is 0 Å². The Bertz CT molecular complexity index is 977. The first-order chi connectivity index (χ1) is 14.2. The number of amides is 1. The van der Waals surface area contributed by atoms with Crippen molar-refractivity contribution in [3.8, 4) is 17.2 Å². The predicted octanol–water partition coefficient (Wildman–Crippen LogP) is 2.36. The summed E-state index contributed by atoms with van der Waals surface area (Å²) in [5, 5.41) is 2.77. The Labute approximate surface area is 177 Å². The van der Waals surface area contributed by atoms with Crippen LogP contribution in [0.1, 0.15) is 12.5 Å². The molecule has 0 fully saturated rings. The molecular formula is C21H28N2O6S. The largest absolute Gasteiger partial charge is 0.497 e. The standard InChI is InChI=1S/C21H28N2O6S/c1-15-8-6-7-9-19(15)29-14-16(2)22-21(24)13-23(30(5,25)26)18-12-17(27-3)10-11-20(18)28-4/h6-12,16H,13-14H2,1-5H3,(H,22,24)/t16-/m0/s1. The van der Waals surface area contributed by atoms with Gasteiger partial charge in [-0.1, -0.05) is 18.2 Å². The zero-order valence-corrected chi connectivity index (χ0v) is 18.7. The first-order valence-electron chi connectivity index (χ1n) is 9.33. The van der Waals surface area contributed by atoms with Gasteiger partial charge in [0.25, 0.3) is 0 Å². The normalized spacial score (nSPS) is 12.0. The molecule has 1 atom stereocenters. The molecule has 0 aliphatic rings. The predicted molar refractivity (Wildman–Crippen MR) is 116 cm³/mol. The van der Waals surface area contributed by atoms with Gasteiger partial charge in [0.05, 0.1) is 32.2 Å². The number of rotatable bonds is 10. The molecule has 30 heavy (non-hydrogen) atoms. The molecule has 0 spiro atoms. The molecule has 0 saturated heterocycles. The van der Waals surface area contributed by atoms with E-state index < -0.39 is 22.5 Å². The molecular weight excluding hydrogens is 408 g/mol. The summed E-state index contributed by atoms with van der Waals surface area (Å²) < 4.78 is 42.0. The summed E-state index contributed by atoms with van der Waals surface area (Å²) in [4.78, 5) is 12.6. The van der Waals surface area contributed by atoms with E-state index in [1.807, 2.05) is 31.2 Å². The van der Waals surface area contributed by atoms with Gasteiger partial charge in [0.2, 0.25) is 15.9 Å². The third-order valence-electron chi connectivity index (χ3n) is 4.33. The van der Waals surface area contributed by atoms with Crippen LogP contribution in [0.15, 0.2) is 42.5 Å². The fourth-order valence-electron chi connectivity index (χ4n) is 2.80. The molecule has 1 N–H and O–H groups in total. The van der Waals surface area contributed by atoms with Gasteiger partial charge in [-0.25, -0.2) is 8.42 Å². The fourth-order valence-corrected chi connectivity index (χ4v) is 3.65. The third-order valence-corrected chi connectivity index (χ3v) is 5.46. The number of nitrogens with zero attached hydrogens (tertiary/aromatic N) is 1. The lowest BCUT2D eigenvalue weighted by Crippen LogP contribution is -2.45. The van der Waals surface area contributed by atoms with E-state index in [0.29, 0.717) is 11.5 Å². The van der Waals surface area contributed by atoms with E-state index in [1.54, 1.807) is 19.1 Å². The fraction of sp³-hybridized carbons (Fsp3) is 0.381. The highest BCUT2D eigenvalue weighted by atomic mass is 32.2. The van der Waals surface area contributed by atoms with Crippen LogP contribution in [0.2, 0.25) is 0 Å². The van der Waals surface area contributed by atoms with Gasteiger partial charge in [-0.15, -0.1) is 0 Å². The number of ether oxygens (including phenoxy) is 3. The average Bonchev–Trinajstić information content (AvgIpc) is 2.70. The smallest absolute Gasteiger partial charge is 0.241 e. The second kappa shape index (κ2) is 10.2. The lowest BCUT2D eigenvalue weighted by Gasteiger charge is -2.25. The van der Waals surface area contributed by atoms with Crippen LogP contribution in [0, 0.1) is 6.92 Å². The number of nitrogens with one attached hydrogen (secondary N) is 1. The molecule has 0 saturated carbocycles. The average molecular weight is 437 g/mol. The summed E-state index contributed by atoms with van der Waals surface area (Å²) >= 11 is 0. The molecule has 9 heteroatoms. The van der Waals surface area contributed by atoms with Crippen molar-refractivity contribution >= 4 is 21.6 Å². The topological polar surface area (TPSA) is 94.2 Å². The molecule has 0 aliphatic heterocycles. The van der Waals surface area contributed by atoms with Crippen molar-refractivity contribution in [2.45, 2.75) is 19.9 Å². The van der Waals surface area contributed by atoms with E-state index in [2.05, 4.69) is 5.32 Å². The van der Waals surface area contributed by atoms with Crippen molar-refractivity contribution in [3.05, 3.63) is 48.0 Å². The number of methoxy groups -OCH3 is 2. The van der Waals surface area contributed by atoms with Crippen molar-refractivity contribution < 1.29 is 27.4 Å². The Morgan fingerprint density at radius 3 is 2.40 bits per heavy atom. The van der Waals surface area contributed by atoms with Gasteiger partial charge in [0.15, 0.2) is 0 Å². The van der Waals surface area contributed by atoms with Gasteiger partial charge >= 0.3 is 0 Å². The molecule has 2 aromatic carbocycles. The molecule has 164 valence electrons. The van der Waals surface area contributed by atoms with E-state index in [9.17, 15) is 13.2 Å². The van der Waals surface area contributed by atoms with Gasteiger partial charge in [-0.05, 0) is 37.6 Å². The number of anilines is 1. The van der Waals surface area contributed by atoms with E-state index in [-0.39, 0.29) is 18.3 Å². The van der Waals surface area contributed by atoms with Crippen molar-refractivity contribution in [2.24, 2.45) is 0 Å². The molecule has 0 bridgehead atoms. The summed E-state index contributed by atoms with van der Waals surface area (Å²) in [5.74, 6) is 1.02. The second-order valence-electron chi connectivity index (χ2n) is 6.85. The summed E-state index contributed by atoms with van der Waals surface area (Å²) in [6.45, 7) is 3.56. The van der Waals surface area contributed by atoms with Gasteiger partial charge in [-0.3, -0.25) is 9.10 Å². The second-order valence-corrected chi connectivity index (χ2v) is 8.76. The Hall–Kier alpha value is -2.94. The molecule has 2 aromatic rings. The monoisotopic (exact) mass is 436 g/mol. The first-order valence-corrected chi connectivity index (χ1v) is 11.2. The Kier molecular flexibility index (Phi) is 7.93. The number of hydrogen-bond acceptors (Lipinski definition) is 6. The lowest BCUT2D eigenvalue weighted by molar-refractivity contribution is -0.120.